The van der Waals surface area contributed by atoms with Gasteiger partial charge < -0.3 is 0 Å². The molecular formula is C17H18N2O2S. The maximum Gasteiger partial charge on any atom is 0.261 e. The molecule has 0 amide bonds. The standard InChI is InChI=1S/C17H18N2O2S/c1-14-5-11-17(12-6-14)22(20,21)19-16-9-7-15(8-10-16)4-2-3-13-18/h5-12,19H,2-4H2,1H3. The number of rotatable bonds is 6. The lowest BCUT2D eigenvalue weighted by Gasteiger charge is -2.09. The van der Waals surface area contributed by atoms with E-state index in [2.05, 4.69) is 10.8 Å². The first-order valence-corrected chi connectivity index (χ1v) is 8.55. The second kappa shape index (κ2) is 7.10. The molecule has 0 saturated heterocycles. The minimum Gasteiger partial charge on any atom is -0.280 e. The fourth-order valence-corrected chi connectivity index (χ4v) is 3.10. The number of benzene rings is 2. The second-order valence-electron chi connectivity index (χ2n) is 5.13. The number of anilines is 1. The van der Waals surface area contributed by atoms with Crippen LogP contribution in [0.1, 0.15) is 24.0 Å². The van der Waals surface area contributed by atoms with Gasteiger partial charge in [-0.1, -0.05) is 29.8 Å². The monoisotopic (exact) mass is 314 g/mol. The number of nitrogens with one attached hydrogen (secondary N) is 1. The Bertz CT molecular complexity index is 758. The molecule has 0 spiro atoms. The molecular weight excluding hydrogens is 296 g/mol. The highest BCUT2D eigenvalue weighted by molar-refractivity contribution is 7.92. The summed E-state index contributed by atoms with van der Waals surface area (Å²) >= 11 is 0. The molecule has 2 rings (SSSR count). The van der Waals surface area contributed by atoms with Gasteiger partial charge in [-0.15, -0.1) is 0 Å². The molecule has 0 aromatic heterocycles. The number of hydrogen-bond acceptors (Lipinski definition) is 3. The van der Waals surface area contributed by atoms with E-state index in [9.17, 15) is 8.42 Å². The van der Waals surface area contributed by atoms with Crippen molar-refractivity contribution in [2.45, 2.75) is 31.1 Å². The smallest absolute Gasteiger partial charge is 0.261 e. The minimum atomic E-state index is -3.56. The summed E-state index contributed by atoms with van der Waals surface area (Å²) in [4.78, 5) is 0.246. The first-order chi connectivity index (χ1) is 10.5. The highest BCUT2D eigenvalue weighted by Crippen LogP contribution is 2.17. The number of nitrogens with zero attached hydrogens (tertiary/aromatic N) is 1. The lowest BCUT2D eigenvalue weighted by atomic mass is 10.1. The zero-order valence-corrected chi connectivity index (χ0v) is 13.2. The lowest BCUT2D eigenvalue weighted by Crippen LogP contribution is -2.12. The Morgan fingerprint density at radius 1 is 1.05 bits per heavy atom. The molecule has 2 aromatic rings. The van der Waals surface area contributed by atoms with Crippen LogP contribution in [0.15, 0.2) is 53.4 Å². The van der Waals surface area contributed by atoms with Crippen LogP contribution in [0.25, 0.3) is 0 Å². The average molecular weight is 314 g/mol. The highest BCUT2D eigenvalue weighted by atomic mass is 32.2. The summed E-state index contributed by atoms with van der Waals surface area (Å²) in [6.07, 6.45) is 2.16. The Labute approximate surface area is 131 Å². The quantitative estimate of drug-likeness (QED) is 0.827. The summed E-state index contributed by atoms with van der Waals surface area (Å²) < 4.78 is 27.1. The maximum absolute atomic E-state index is 12.3. The summed E-state index contributed by atoms with van der Waals surface area (Å²) in [6.45, 7) is 1.91. The van der Waals surface area contributed by atoms with Gasteiger partial charge in [0, 0.05) is 12.1 Å². The van der Waals surface area contributed by atoms with Gasteiger partial charge in [-0.05, 0) is 49.6 Å². The van der Waals surface area contributed by atoms with Gasteiger partial charge in [0.2, 0.25) is 0 Å². The molecule has 0 unspecified atom stereocenters. The molecule has 1 N–H and O–H groups in total. The third-order valence-corrected chi connectivity index (χ3v) is 4.69. The van der Waals surface area contributed by atoms with E-state index in [-0.39, 0.29) is 4.90 Å². The van der Waals surface area contributed by atoms with Gasteiger partial charge in [0.25, 0.3) is 10.0 Å². The zero-order valence-electron chi connectivity index (χ0n) is 12.4. The van der Waals surface area contributed by atoms with E-state index in [4.69, 9.17) is 5.26 Å². The molecule has 114 valence electrons. The van der Waals surface area contributed by atoms with Gasteiger partial charge in [0.1, 0.15) is 0 Å². The van der Waals surface area contributed by atoms with Crippen molar-refractivity contribution in [1.29, 1.82) is 5.26 Å². The number of unbranched alkanes of at least 4 members (excludes halogenated alkanes) is 1. The van der Waals surface area contributed by atoms with Crippen LogP contribution in [0.5, 0.6) is 0 Å². The molecule has 22 heavy (non-hydrogen) atoms. The van der Waals surface area contributed by atoms with Gasteiger partial charge in [-0.25, -0.2) is 8.42 Å². The Morgan fingerprint density at radius 3 is 2.27 bits per heavy atom. The summed E-state index contributed by atoms with van der Waals surface area (Å²) in [5.74, 6) is 0. The Kier molecular flexibility index (Phi) is 5.18. The molecule has 0 heterocycles. The van der Waals surface area contributed by atoms with Crippen LogP contribution in [-0.4, -0.2) is 8.42 Å². The van der Waals surface area contributed by atoms with E-state index in [0.29, 0.717) is 12.1 Å². The van der Waals surface area contributed by atoms with Crippen LogP contribution in [0.4, 0.5) is 5.69 Å². The van der Waals surface area contributed by atoms with Gasteiger partial charge in [0.15, 0.2) is 0 Å². The van der Waals surface area contributed by atoms with Crippen molar-refractivity contribution in [2.75, 3.05) is 4.72 Å². The van der Waals surface area contributed by atoms with Crippen molar-refractivity contribution >= 4 is 15.7 Å². The zero-order chi connectivity index (χ0) is 16.0. The largest absolute Gasteiger partial charge is 0.280 e. The third-order valence-electron chi connectivity index (χ3n) is 3.29. The average Bonchev–Trinajstić information content (AvgIpc) is 2.49. The Hall–Kier alpha value is -2.32. The Balaban J connectivity index is 2.06. The molecule has 0 atom stereocenters. The fourth-order valence-electron chi connectivity index (χ4n) is 2.04. The molecule has 0 aliphatic rings. The van der Waals surface area contributed by atoms with Crippen LogP contribution in [0.2, 0.25) is 0 Å². The van der Waals surface area contributed by atoms with Crippen molar-refractivity contribution in [2.24, 2.45) is 0 Å². The van der Waals surface area contributed by atoms with Crippen LogP contribution >= 0.6 is 0 Å². The molecule has 2 aromatic carbocycles. The van der Waals surface area contributed by atoms with E-state index in [1.54, 1.807) is 36.4 Å². The number of hydrogen-bond donors (Lipinski definition) is 1. The predicted octanol–water partition coefficient (Wildman–Crippen LogP) is 3.64. The van der Waals surface area contributed by atoms with Crippen LogP contribution in [0, 0.1) is 18.3 Å². The number of sulfonamides is 1. The summed E-state index contributed by atoms with van der Waals surface area (Å²) in [6, 6.07) is 16.1. The SMILES string of the molecule is Cc1ccc(S(=O)(=O)Nc2ccc(CCCC#N)cc2)cc1. The van der Waals surface area contributed by atoms with Gasteiger partial charge in [-0.2, -0.15) is 5.26 Å². The van der Waals surface area contributed by atoms with E-state index < -0.39 is 10.0 Å². The normalized spacial score (nSPS) is 10.9. The Morgan fingerprint density at radius 2 is 1.68 bits per heavy atom. The van der Waals surface area contributed by atoms with Crippen molar-refractivity contribution in [1.82, 2.24) is 0 Å². The van der Waals surface area contributed by atoms with Crippen LogP contribution < -0.4 is 4.72 Å². The van der Waals surface area contributed by atoms with E-state index in [0.717, 1.165) is 24.0 Å². The molecule has 0 saturated carbocycles. The van der Waals surface area contributed by atoms with Crippen molar-refractivity contribution in [3.8, 4) is 6.07 Å². The highest BCUT2D eigenvalue weighted by Gasteiger charge is 2.13. The minimum absolute atomic E-state index is 0.246. The topological polar surface area (TPSA) is 70.0 Å². The van der Waals surface area contributed by atoms with Gasteiger partial charge in [-0.3, -0.25) is 4.72 Å². The lowest BCUT2D eigenvalue weighted by molar-refractivity contribution is 0.601. The van der Waals surface area contributed by atoms with E-state index in [1.165, 1.54) is 0 Å². The summed E-state index contributed by atoms with van der Waals surface area (Å²) in [5.41, 5.74) is 2.64. The molecule has 0 bridgehead atoms. The molecule has 0 fully saturated rings. The van der Waals surface area contributed by atoms with Crippen LogP contribution in [0.3, 0.4) is 0 Å². The molecule has 4 nitrogen and oxygen atoms in total. The molecule has 0 radical (unpaired) electrons. The van der Waals surface area contributed by atoms with Gasteiger partial charge >= 0.3 is 0 Å². The van der Waals surface area contributed by atoms with E-state index in [1.807, 2.05) is 19.1 Å². The first-order valence-electron chi connectivity index (χ1n) is 7.07. The van der Waals surface area contributed by atoms with E-state index >= 15 is 0 Å². The number of aryl methyl sites for hydroxylation is 2. The summed E-state index contributed by atoms with van der Waals surface area (Å²) in [5, 5.41) is 8.51. The molecule has 5 heteroatoms. The first kappa shape index (κ1) is 16.1. The third kappa shape index (κ3) is 4.34. The second-order valence-corrected chi connectivity index (χ2v) is 6.81. The maximum atomic E-state index is 12.3. The van der Waals surface area contributed by atoms with Crippen LogP contribution in [-0.2, 0) is 16.4 Å². The fraction of sp³-hybridized carbons (Fsp3) is 0.235. The molecule has 0 aliphatic heterocycles. The van der Waals surface area contributed by atoms with Crippen molar-refractivity contribution < 1.29 is 8.42 Å². The predicted molar refractivity (Wildman–Crippen MR) is 87.0 cm³/mol. The van der Waals surface area contributed by atoms with Gasteiger partial charge in [0.05, 0.1) is 11.0 Å². The molecule has 0 aliphatic carbocycles. The van der Waals surface area contributed by atoms with Crippen molar-refractivity contribution in [3.05, 3.63) is 59.7 Å². The number of nitriles is 1. The summed E-state index contributed by atoms with van der Waals surface area (Å²) in [7, 11) is -3.56. The van der Waals surface area contributed by atoms with Crippen molar-refractivity contribution in [3.63, 3.8) is 0 Å².